The summed E-state index contributed by atoms with van der Waals surface area (Å²) in [7, 11) is 1.66. The first-order valence-electron chi connectivity index (χ1n) is 18.0. The Labute approximate surface area is 334 Å². The van der Waals surface area contributed by atoms with Gasteiger partial charge < -0.3 is 14.0 Å². The van der Waals surface area contributed by atoms with Crippen molar-refractivity contribution in [1.29, 1.82) is 0 Å². The van der Waals surface area contributed by atoms with Crippen LogP contribution in [0, 0.1) is 32.9 Å². The Hall–Kier alpha value is -6.26. The van der Waals surface area contributed by atoms with E-state index in [9.17, 15) is 0 Å². The molecule has 0 fully saturated rings. The average Bonchev–Trinajstić information content (AvgIpc) is 3.70. The van der Waals surface area contributed by atoms with Gasteiger partial charge in [0.25, 0.3) is 0 Å². The van der Waals surface area contributed by atoms with Crippen LogP contribution < -0.4 is 9.47 Å². The summed E-state index contributed by atoms with van der Waals surface area (Å²) in [6.07, 6.45) is 1.76. The molecule has 0 unspecified atom stereocenters. The number of methoxy groups -OCH3 is 1. The monoisotopic (exact) mass is 806 g/mol. The standard InChI is InChI=1S/C48H36N4O2.Pd/c1-31-26-36(52-33(3)47(32(2)50-52)48-40(34-14-7-5-8-15-34)19-13-20-41(48)35-16-9-6-10-17-35)28-39(27-31)54-38-22-23-43-42-18-11-12-21-44(42)51(45(43)29-38)46-30-37(53-4)24-25-49-46;/h5-27,30H,1-4H3;/q-2;+2. The van der Waals surface area contributed by atoms with Gasteiger partial charge in [-0.1, -0.05) is 110 Å². The van der Waals surface area contributed by atoms with Crippen molar-refractivity contribution in [2.45, 2.75) is 20.8 Å². The first kappa shape index (κ1) is 35.8. The van der Waals surface area contributed by atoms with Crippen LogP contribution in [0.25, 0.3) is 66.7 Å². The number of benzene rings is 6. The van der Waals surface area contributed by atoms with Gasteiger partial charge in [-0.05, 0) is 59.3 Å². The average molecular weight is 807 g/mol. The SMILES string of the molecule is COc1ccnc(-n2c3[c-]c(Oc4[c-]c(-n5nc(C)c(-c6c(-c7ccccc7)cccc6-c6ccccc6)c5C)cc(C)c4)ccc3c3ccccc32)c1.[Pd+2]. The Morgan fingerprint density at radius 2 is 1.31 bits per heavy atom. The third-order valence-corrected chi connectivity index (χ3v) is 9.94. The molecule has 6 aromatic carbocycles. The summed E-state index contributed by atoms with van der Waals surface area (Å²) < 4.78 is 16.2. The third kappa shape index (κ3) is 6.52. The van der Waals surface area contributed by atoms with E-state index < -0.39 is 0 Å². The van der Waals surface area contributed by atoms with Crippen molar-refractivity contribution in [3.8, 4) is 62.1 Å². The van der Waals surface area contributed by atoms with Gasteiger partial charge in [0.05, 0.1) is 12.8 Å². The van der Waals surface area contributed by atoms with E-state index in [2.05, 4.69) is 141 Å². The van der Waals surface area contributed by atoms with Gasteiger partial charge in [-0.3, -0.25) is 4.68 Å². The van der Waals surface area contributed by atoms with Crippen molar-refractivity contribution < 1.29 is 29.9 Å². The molecular weight excluding hydrogens is 771 g/mol. The van der Waals surface area contributed by atoms with Gasteiger partial charge in [0.2, 0.25) is 0 Å². The molecule has 3 aromatic heterocycles. The number of hydrogen-bond donors (Lipinski definition) is 0. The van der Waals surface area contributed by atoms with Crippen LogP contribution >= 0.6 is 0 Å². The summed E-state index contributed by atoms with van der Waals surface area (Å²) in [6, 6.07) is 55.0. The molecule has 55 heavy (non-hydrogen) atoms. The fourth-order valence-corrected chi connectivity index (χ4v) is 7.55. The van der Waals surface area contributed by atoms with Crippen LogP contribution in [0.1, 0.15) is 17.0 Å². The van der Waals surface area contributed by atoms with Crippen LogP contribution in [0.2, 0.25) is 0 Å². The molecule has 3 heterocycles. The quantitative estimate of drug-likeness (QED) is 0.113. The Kier molecular flexibility index (Phi) is 9.67. The first-order chi connectivity index (χ1) is 26.5. The number of aryl methyl sites for hydroxylation is 2. The van der Waals surface area contributed by atoms with E-state index in [4.69, 9.17) is 19.6 Å². The maximum absolute atomic E-state index is 6.57. The van der Waals surface area contributed by atoms with Gasteiger partial charge in [-0.2, -0.15) is 16.7 Å². The summed E-state index contributed by atoms with van der Waals surface area (Å²) in [6.45, 7) is 6.28. The van der Waals surface area contributed by atoms with Crippen LogP contribution in [0.4, 0.5) is 0 Å². The number of rotatable bonds is 8. The zero-order valence-electron chi connectivity index (χ0n) is 30.8. The van der Waals surface area contributed by atoms with Crippen molar-refractivity contribution in [3.63, 3.8) is 0 Å². The van der Waals surface area contributed by atoms with E-state index in [1.54, 1.807) is 13.3 Å². The minimum Gasteiger partial charge on any atom is -0.509 e. The number of aromatic nitrogens is 4. The zero-order chi connectivity index (χ0) is 36.8. The smallest absolute Gasteiger partial charge is 0.509 e. The molecule has 0 aliphatic heterocycles. The topological polar surface area (TPSA) is 54.1 Å². The number of fused-ring (bicyclic) bond motifs is 3. The number of hydrogen-bond acceptors (Lipinski definition) is 4. The largest absolute Gasteiger partial charge is 2.00 e. The molecule has 6 nitrogen and oxygen atoms in total. The number of nitrogens with zero attached hydrogens (tertiary/aromatic N) is 4. The molecule has 7 heteroatoms. The minimum atomic E-state index is 0. The van der Waals surface area contributed by atoms with Crippen molar-refractivity contribution in [2.75, 3.05) is 7.11 Å². The van der Waals surface area contributed by atoms with Crippen LogP contribution in [-0.2, 0) is 20.4 Å². The molecule has 270 valence electrons. The van der Waals surface area contributed by atoms with Crippen LogP contribution in [0.3, 0.4) is 0 Å². The molecule has 0 amide bonds. The molecule has 9 aromatic rings. The van der Waals surface area contributed by atoms with E-state index in [1.807, 2.05) is 41.1 Å². The summed E-state index contributed by atoms with van der Waals surface area (Å²) in [5.74, 6) is 2.61. The number of ether oxygens (including phenoxy) is 2. The molecule has 0 bridgehead atoms. The Morgan fingerprint density at radius 3 is 2.02 bits per heavy atom. The molecule has 0 atom stereocenters. The van der Waals surface area contributed by atoms with Gasteiger partial charge in [0, 0.05) is 46.1 Å². The van der Waals surface area contributed by atoms with Crippen molar-refractivity contribution in [3.05, 3.63) is 175 Å². The predicted octanol–water partition coefficient (Wildman–Crippen LogP) is 11.7. The van der Waals surface area contributed by atoms with Gasteiger partial charge in [0.15, 0.2) is 0 Å². The molecule has 0 saturated carbocycles. The maximum Gasteiger partial charge on any atom is 2.00 e. The Balaban J connectivity index is 0.00000427. The first-order valence-corrected chi connectivity index (χ1v) is 18.0. The van der Waals surface area contributed by atoms with E-state index >= 15 is 0 Å². The second kappa shape index (κ2) is 14.9. The summed E-state index contributed by atoms with van der Waals surface area (Å²) in [5.41, 5.74) is 12.5. The summed E-state index contributed by atoms with van der Waals surface area (Å²) in [5, 5.41) is 7.30. The molecule has 0 spiro atoms. The second-order valence-electron chi connectivity index (χ2n) is 13.4. The maximum atomic E-state index is 6.57. The summed E-state index contributed by atoms with van der Waals surface area (Å²) >= 11 is 0. The molecule has 0 radical (unpaired) electrons. The second-order valence-corrected chi connectivity index (χ2v) is 13.4. The van der Waals surface area contributed by atoms with Crippen LogP contribution in [-0.4, -0.2) is 26.4 Å². The fraction of sp³-hybridized carbons (Fsp3) is 0.0833. The molecule has 9 rings (SSSR count). The summed E-state index contributed by atoms with van der Waals surface area (Å²) in [4.78, 5) is 4.69. The van der Waals surface area contributed by atoms with E-state index in [0.717, 1.165) is 89.4 Å². The van der Waals surface area contributed by atoms with Gasteiger partial charge in [-0.25, -0.2) is 4.98 Å². The van der Waals surface area contributed by atoms with E-state index in [1.165, 1.54) is 0 Å². The fourth-order valence-electron chi connectivity index (χ4n) is 7.55. The van der Waals surface area contributed by atoms with Crippen LogP contribution in [0.5, 0.6) is 17.2 Å². The normalized spacial score (nSPS) is 11.1. The Bertz CT molecular complexity index is 2770. The third-order valence-electron chi connectivity index (χ3n) is 9.94. The predicted molar refractivity (Wildman–Crippen MR) is 217 cm³/mol. The van der Waals surface area contributed by atoms with Gasteiger partial charge in [0.1, 0.15) is 11.6 Å². The zero-order valence-corrected chi connectivity index (χ0v) is 32.3. The van der Waals surface area contributed by atoms with Crippen molar-refractivity contribution in [1.82, 2.24) is 19.3 Å². The van der Waals surface area contributed by atoms with Gasteiger partial charge >= 0.3 is 20.4 Å². The molecule has 0 aliphatic rings. The van der Waals surface area contributed by atoms with E-state index in [0.29, 0.717) is 11.5 Å². The molecule has 0 N–H and O–H groups in total. The van der Waals surface area contributed by atoms with Crippen molar-refractivity contribution in [2.24, 2.45) is 0 Å². The van der Waals surface area contributed by atoms with E-state index in [-0.39, 0.29) is 20.4 Å². The number of pyridine rings is 1. The minimum absolute atomic E-state index is 0. The molecule has 0 aliphatic carbocycles. The Morgan fingerprint density at radius 1 is 0.618 bits per heavy atom. The molecule has 0 saturated heterocycles. The molecular formula is C48H36N4O2Pd. The van der Waals surface area contributed by atoms with Gasteiger partial charge in [-0.15, -0.1) is 35.7 Å². The number of para-hydroxylation sites is 1. The van der Waals surface area contributed by atoms with Crippen molar-refractivity contribution >= 4 is 21.8 Å². The van der Waals surface area contributed by atoms with Crippen LogP contribution in [0.15, 0.2) is 146 Å².